The molecule has 1 aliphatic carbocycles. The van der Waals surface area contributed by atoms with Crippen LogP contribution in [0, 0.1) is 5.82 Å². The first-order valence-corrected chi connectivity index (χ1v) is 8.46. The van der Waals surface area contributed by atoms with Crippen LogP contribution < -0.4 is 15.8 Å². The van der Waals surface area contributed by atoms with Gasteiger partial charge in [-0.3, -0.25) is 0 Å². The number of anilines is 1. The molecule has 4 nitrogen and oxygen atoms in total. The van der Waals surface area contributed by atoms with E-state index in [0.29, 0.717) is 34.0 Å². The van der Waals surface area contributed by atoms with E-state index >= 15 is 0 Å². The van der Waals surface area contributed by atoms with Crippen molar-refractivity contribution in [2.75, 3.05) is 12.4 Å². The molecule has 3 N–H and O–H groups in total. The Morgan fingerprint density at radius 2 is 1.96 bits per heavy atom. The van der Waals surface area contributed by atoms with E-state index in [2.05, 4.69) is 10.3 Å². The molecule has 1 aromatic heterocycles. The van der Waals surface area contributed by atoms with Crippen molar-refractivity contribution in [2.45, 2.75) is 37.8 Å². The molecule has 1 saturated carbocycles. The lowest BCUT2D eigenvalue weighted by molar-refractivity contribution is 0.410. The van der Waals surface area contributed by atoms with Crippen LogP contribution in [0.3, 0.4) is 0 Å². The molecule has 0 saturated heterocycles. The maximum atomic E-state index is 13.7. The third-order valence-corrected chi connectivity index (χ3v) is 4.73. The van der Waals surface area contributed by atoms with Crippen LogP contribution in [0.5, 0.6) is 5.75 Å². The van der Waals surface area contributed by atoms with Crippen molar-refractivity contribution in [1.29, 1.82) is 0 Å². The lowest BCUT2D eigenvalue weighted by Crippen LogP contribution is -2.33. The monoisotopic (exact) mass is 349 g/mol. The minimum atomic E-state index is -0.338. The molecule has 1 heterocycles. The molecular weight excluding hydrogens is 329 g/mol. The van der Waals surface area contributed by atoms with Gasteiger partial charge in [-0.1, -0.05) is 11.6 Å². The number of nitrogens with one attached hydrogen (secondary N) is 1. The highest BCUT2D eigenvalue weighted by atomic mass is 35.5. The van der Waals surface area contributed by atoms with Crippen LogP contribution in [-0.4, -0.2) is 24.2 Å². The number of benzene rings is 1. The number of ether oxygens (including phenoxy) is 1. The zero-order valence-corrected chi connectivity index (χ0v) is 14.3. The van der Waals surface area contributed by atoms with Gasteiger partial charge in [0.25, 0.3) is 0 Å². The van der Waals surface area contributed by atoms with E-state index in [-0.39, 0.29) is 5.82 Å². The van der Waals surface area contributed by atoms with Crippen LogP contribution in [0.2, 0.25) is 5.02 Å². The fourth-order valence-electron chi connectivity index (χ4n) is 3.09. The Bertz CT molecular complexity index is 717. The van der Waals surface area contributed by atoms with Crippen LogP contribution >= 0.6 is 11.6 Å². The largest absolute Gasteiger partial charge is 0.496 e. The maximum absolute atomic E-state index is 13.7. The van der Waals surface area contributed by atoms with E-state index < -0.39 is 0 Å². The van der Waals surface area contributed by atoms with Crippen molar-refractivity contribution in [2.24, 2.45) is 5.73 Å². The highest BCUT2D eigenvalue weighted by molar-refractivity contribution is 6.33. The van der Waals surface area contributed by atoms with E-state index in [1.807, 2.05) is 6.07 Å². The summed E-state index contributed by atoms with van der Waals surface area (Å²) in [6.45, 7) is 0. The molecule has 3 rings (SSSR count). The Kier molecular flexibility index (Phi) is 5.21. The highest BCUT2D eigenvalue weighted by Gasteiger charge is 2.19. The smallest absolute Gasteiger partial charge is 0.126 e. The summed E-state index contributed by atoms with van der Waals surface area (Å²) in [6, 6.07) is 6.87. The van der Waals surface area contributed by atoms with Gasteiger partial charge in [-0.15, -0.1) is 0 Å². The van der Waals surface area contributed by atoms with Crippen LogP contribution in [0.15, 0.2) is 30.5 Å². The quantitative estimate of drug-likeness (QED) is 0.867. The molecule has 1 aromatic carbocycles. The number of rotatable bonds is 4. The maximum Gasteiger partial charge on any atom is 0.126 e. The third kappa shape index (κ3) is 3.79. The second kappa shape index (κ2) is 7.36. The average molecular weight is 350 g/mol. The molecule has 128 valence electrons. The molecule has 6 heteroatoms. The summed E-state index contributed by atoms with van der Waals surface area (Å²) in [4.78, 5) is 4.35. The Labute approximate surface area is 146 Å². The van der Waals surface area contributed by atoms with Gasteiger partial charge in [0.05, 0.1) is 12.1 Å². The van der Waals surface area contributed by atoms with Crippen LogP contribution in [0.1, 0.15) is 25.7 Å². The molecule has 1 fully saturated rings. The molecule has 24 heavy (non-hydrogen) atoms. The number of halogens is 2. The van der Waals surface area contributed by atoms with E-state index in [4.69, 9.17) is 22.1 Å². The van der Waals surface area contributed by atoms with Gasteiger partial charge >= 0.3 is 0 Å². The van der Waals surface area contributed by atoms with Gasteiger partial charge in [0.15, 0.2) is 0 Å². The van der Waals surface area contributed by atoms with Gasteiger partial charge in [0.2, 0.25) is 0 Å². The molecule has 0 amide bonds. The number of hydrogen-bond donors (Lipinski definition) is 2. The fourth-order valence-corrected chi connectivity index (χ4v) is 3.29. The van der Waals surface area contributed by atoms with Crippen LogP contribution in [-0.2, 0) is 0 Å². The lowest BCUT2D eigenvalue weighted by atomic mass is 9.92. The Balaban J connectivity index is 1.88. The van der Waals surface area contributed by atoms with E-state index in [0.717, 1.165) is 31.5 Å². The van der Waals surface area contributed by atoms with E-state index in [1.165, 1.54) is 12.1 Å². The Morgan fingerprint density at radius 3 is 2.67 bits per heavy atom. The first kappa shape index (κ1) is 17.0. The fraction of sp³-hybridized carbons (Fsp3) is 0.389. The zero-order chi connectivity index (χ0) is 17.1. The number of nitrogens with two attached hydrogens (primary N) is 1. The van der Waals surface area contributed by atoms with Gasteiger partial charge in [0, 0.05) is 29.4 Å². The molecule has 0 atom stereocenters. The third-order valence-electron chi connectivity index (χ3n) is 4.43. The average Bonchev–Trinajstić information content (AvgIpc) is 2.58. The molecular formula is C18H21ClFN3O. The molecule has 0 spiro atoms. The summed E-state index contributed by atoms with van der Waals surface area (Å²) in [6.07, 6.45) is 5.64. The van der Waals surface area contributed by atoms with Gasteiger partial charge in [-0.2, -0.15) is 0 Å². The van der Waals surface area contributed by atoms with Crippen molar-refractivity contribution in [1.82, 2.24) is 4.98 Å². The lowest BCUT2D eigenvalue weighted by Gasteiger charge is -2.27. The van der Waals surface area contributed by atoms with Crippen molar-refractivity contribution < 1.29 is 9.13 Å². The zero-order valence-electron chi connectivity index (χ0n) is 13.6. The summed E-state index contributed by atoms with van der Waals surface area (Å²) in [5, 5.41) is 3.88. The standard InChI is InChI=1S/C18H21ClFN3O/c1-24-17-7-2-11(20)8-15(17)14-9-18(22-10-16(14)19)23-13-5-3-12(21)4-6-13/h2,7-10,12-13H,3-6,21H2,1H3,(H,22,23). The molecule has 0 radical (unpaired) electrons. The van der Waals surface area contributed by atoms with Gasteiger partial charge in [-0.25, -0.2) is 9.37 Å². The summed E-state index contributed by atoms with van der Waals surface area (Å²) in [7, 11) is 1.55. The number of methoxy groups -OCH3 is 1. The predicted molar refractivity (Wildman–Crippen MR) is 95.0 cm³/mol. The number of aromatic nitrogens is 1. The first-order chi connectivity index (χ1) is 11.6. The molecule has 0 bridgehead atoms. The van der Waals surface area contributed by atoms with Crippen LogP contribution in [0.25, 0.3) is 11.1 Å². The first-order valence-electron chi connectivity index (χ1n) is 8.08. The molecule has 2 aromatic rings. The molecule has 1 aliphatic rings. The van der Waals surface area contributed by atoms with Crippen molar-refractivity contribution in [3.63, 3.8) is 0 Å². The van der Waals surface area contributed by atoms with Crippen molar-refractivity contribution in [3.8, 4) is 16.9 Å². The SMILES string of the molecule is COc1ccc(F)cc1-c1cc(NC2CCC(N)CC2)ncc1Cl. The van der Waals surface area contributed by atoms with Gasteiger partial charge in [-0.05, 0) is 49.9 Å². The number of hydrogen-bond acceptors (Lipinski definition) is 4. The second-order valence-corrected chi connectivity index (χ2v) is 6.56. The summed E-state index contributed by atoms with van der Waals surface area (Å²) < 4.78 is 19.0. The highest BCUT2D eigenvalue weighted by Crippen LogP contribution is 2.36. The predicted octanol–water partition coefficient (Wildman–Crippen LogP) is 4.23. The van der Waals surface area contributed by atoms with Crippen LogP contribution in [0.4, 0.5) is 10.2 Å². The van der Waals surface area contributed by atoms with Crippen molar-refractivity contribution >= 4 is 17.4 Å². The molecule has 0 unspecified atom stereocenters. The van der Waals surface area contributed by atoms with Gasteiger partial charge < -0.3 is 15.8 Å². The van der Waals surface area contributed by atoms with Crippen molar-refractivity contribution in [3.05, 3.63) is 41.3 Å². The second-order valence-electron chi connectivity index (χ2n) is 6.15. The summed E-state index contributed by atoms with van der Waals surface area (Å²) in [5.41, 5.74) is 7.25. The minimum absolute atomic E-state index is 0.299. The summed E-state index contributed by atoms with van der Waals surface area (Å²) in [5.74, 6) is 0.953. The number of nitrogens with zero attached hydrogens (tertiary/aromatic N) is 1. The minimum Gasteiger partial charge on any atom is -0.496 e. The van der Waals surface area contributed by atoms with Gasteiger partial charge in [0.1, 0.15) is 17.4 Å². The topological polar surface area (TPSA) is 60.2 Å². The normalized spacial score (nSPS) is 20.7. The Hall–Kier alpha value is -1.85. The number of pyridine rings is 1. The Morgan fingerprint density at radius 1 is 1.21 bits per heavy atom. The van der Waals surface area contributed by atoms with E-state index in [1.54, 1.807) is 19.4 Å². The van der Waals surface area contributed by atoms with E-state index in [9.17, 15) is 4.39 Å². The summed E-state index contributed by atoms with van der Waals surface area (Å²) >= 11 is 6.29. The molecule has 0 aliphatic heterocycles.